The third kappa shape index (κ3) is 4.79. The van der Waals surface area contributed by atoms with Crippen molar-refractivity contribution in [3.8, 4) is 0 Å². The molecule has 0 aromatic rings. The summed E-state index contributed by atoms with van der Waals surface area (Å²) in [6.07, 6.45) is 2.39. The van der Waals surface area contributed by atoms with Crippen molar-refractivity contribution in [2.24, 2.45) is 0 Å². The Labute approximate surface area is 68.7 Å². The van der Waals surface area contributed by atoms with Gasteiger partial charge < -0.3 is 10.4 Å². The molecule has 0 spiro atoms. The van der Waals surface area contributed by atoms with E-state index in [0.29, 0.717) is 0 Å². The summed E-state index contributed by atoms with van der Waals surface area (Å²) in [5, 5.41) is 0. The zero-order chi connectivity index (χ0) is 7.98. The van der Waals surface area contributed by atoms with E-state index in [9.17, 15) is 4.79 Å². The highest BCUT2D eigenvalue weighted by Crippen LogP contribution is 2.05. The minimum Gasteiger partial charge on any atom is -0.412 e. The minimum absolute atomic E-state index is 0. The zero-order valence-electron chi connectivity index (χ0n) is 7.68. The van der Waals surface area contributed by atoms with E-state index in [4.69, 9.17) is 0 Å². The van der Waals surface area contributed by atoms with Gasteiger partial charge in [-0.2, -0.15) is 0 Å². The van der Waals surface area contributed by atoms with Gasteiger partial charge in [-0.25, -0.2) is 0 Å². The van der Waals surface area contributed by atoms with E-state index in [-0.39, 0.29) is 11.4 Å². The fraction of sp³-hybridized carbons (Fsp3) is 0.875. The van der Waals surface area contributed by atoms with Gasteiger partial charge in [0.15, 0.2) is 0 Å². The average molecular weight is 161 g/mol. The Hall–Kier alpha value is -0.570. The fourth-order valence-electron chi connectivity index (χ4n) is 1.03. The van der Waals surface area contributed by atoms with Crippen LogP contribution in [0, 0.1) is 0 Å². The Morgan fingerprint density at radius 1 is 1.18 bits per heavy atom. The number of carbonyl (C=O) groups is 1. The molecule has 11 heavy (non-hydrogen) atoms. The molecule has 1 saturated heterocycles. The van der Waals surface area contributed by atoms with Gasteiger partial charge >= 0.3 is 0 Å². The molecule has 1 fully saturated rings. The van der Waals surface area contributed by atoms with E-state index in [1.165, 1.54) is 12.8 Å². The van der Waals surface area contributed by atoms with Crippen molar-refractivity contribution in [3.05, 3.63) is 0 Å². The van der Waals surface area contributed by atoms with E-state index in [1.807, 2.05) is 18.7 Å². The number of carbonyl (C=O) groups excluding carboxylic acids is 1. The van der Waals surface area contributed by atoms with Gasteiger partial charge in [0.2, 0.25) is 5.91 Å². The first-order chi connectivity index (χ1) is 4.80. The normalized spacial score (nSPS) is 14.6. The molecule has 2 N–H and O–H groups in total. The van der Waals surface area contributed by atoms with Crippen molar-refractivity contribution in [2.75, 3.05) is 13.1 Å². The summed E-state index contributed by atoms with van der Waals surface area (Å²) in [6, 6.07) is 0. The first-order valence-corrected chi connectivity index (χ1v) is 4.06. The number of hydrogen-bond donors (Lipinski definition) is 0. The third-order valence-electron chi connectivity index (χ3n) is 1.55. The van der Waals surface area contributed by atoms with E-state index >= 15 is 0 Å². The number of amides is 1. The molecule has 1 heterocycles. The van der Waals surface area contributed by atoms with E-state index in [0.717, 1.165) is 13.1 Å². The second kappa shape index (κ2) is 7.54. The van der Waals surface area contributed by atoms with Crippen LogP contribution in [0.2, 0.25) is 0 Å². The fourth-order valence-corrected chi connectivity index (χ4v) is 1.03. The molecule has 0 saturated carbocycles. The molecular weight excluding hydrogens is 142 g/mol. The molecule has 0 atom stereocenters. The average Bonchev–Trinajstić information content (AvgIpc) is 2.42. The van der Waals surface area contributed by atoms with Crippen molar-refractivity contribution in [2.45, 2.75) is 33.6 Å². The summed E-state index contributed by atoms with van der Waals surface area (Å²) in [5.41, 5.74) is 0. The molecule has 0 bridgehead atoms. The molecule has 1 aliphatic rings. The standard InChI is InChI=1S/C6H11NO.C2H6.H2O/c1-6(8)7-4-2-3-5-7;1-2;/h2-5H2,1H3;1-2H3;1H2. The van der Waals surface area contributed by atoms with Gasteiger partial charge in [-0.3, -0.25) is 4.79 Å². The second-order valence-corrected chi connectivity index (χ2v) is 2.21. The molecule has 3 nitrogen and oxygen atoms in total. The molecule has 0 radical (unpaired) electrons. The zero-order valence-corrected chi connectivity index (χ0v) is 7.68. The van der Waals surface area contributed by atoms with Crippen LogP contribution in [0.25, 0.3) is 0 Å². The van der Waals surface area contributed by atoms with Crippen LogP contribution in [0.5, 0.6) is 0 Å². The van der Waals surface area contributed by atoms with Gasteiger partial charge in [0.25, 0.3) is 0 Å². The van der Waals surface area contributed by atoms with Crippen molar-refractivity contribution >= 4 is 5.91 Å². The maximum Gasteiger partial charge on any atom is 0.219 e. The van der Waals surface area contributed by atoms with Gasteiger partial charge in [0.1, 0.15) is 0 Å². The molecule has 3 heteroatoms. The van der Waals surface area contributed by atoms with Gasteiger partial charge in [0, 0.05) is 20.0 Å². The summed E-state index contributed by atoms with van der Waals surface area (Å²) in [7, 11) is 0. The predicted molar refractivity (Wildman–Crippen MR) is 46.4 cm³/mol. The van der Waals surface area contributed by atoms with Gasteiger partial charge in [0.05, 0.1) is 0 Å². The molecular formula is C8H19NO2. The maximum atomic E-state index is 10.6. The molecule has 1 rings (SSSR count). The number of hydrogen-bond acceptors (Lipinski definition) is 1. The Morgan fingerprint density at radius 3 is 1.73 bits per heavy atom. The first-order valence-electron chi connectivity index (χ1n) is 4.06. The second-order valence-electron chi connectivity index (χ2n) is 2.21. The smallest absolute Gasteiger partial charge is 0.219 e. The number of likely N-dealkylation sites (tertiary alicyclic amines) is 1. The highest BCUT2D eigenvalue weighted by atomic mass is 16.2. The number of rotatable bonds is 0. The third-order valence-corrected chi connectivity index (χ3v) is 1.55. The van der Waals surface area contributed by atoms with Crippen molar-refractivity contribution in [1.29, 1.82) is 0 Å². The predicted octanol–water partition coefficient (Wildman–Crippen LogP) is 0.830. The topological polar surface area (TPSA) is 51.8 Å². The van der Waals surface area contributed by atoms with Crippen LogP contribution in [0.4, 0.5) is 0 Å². The molecule has 0 unspecified atom stereocenters. The van der Waals surface area contributed by atoms with Crippen LogP contribution in [0.3, 0.4) is 0 Å². The molecule has 1 aliphatic heterocycles. The highest BCUT2D eigenvalue weighted by Gasteiger charge is 2.12. The minimum atomic E-state index is 0. The van der Waals surface area contributed by atoms with Crippen molar-refractivity contribution in [1.82, 2.24) is 4.90 Å². The van der Waals surface area contributed by atoms with Crippen molar-refractivity contribution < 1.29 is 10.3 Å². The van der Waals surface area contributed by atoms with Crippen LogP contribution in [0.15, 0.2) is 0 Å². The van der Waals surface area contributed by atoms with E-state index in [2.05, 4.69) is 0 Å². The number of nitrogens with zero attached hydrogens (tertiary/aromatic N) is 1. The quantitative estimate of drug-likeness (QED) is 0.519. The lowest BCUT2D eigenvalue weighted by Crippen LogP contribution is -2.24. The largest absolute Gasteiger partial charge is 0.412 e. The Bertz CT molecular complexity index is 98.3. The molecule has 0 aromatic heterocycles. The van der Waals surface area contributed by atoms with Gasteiger partial charge in [-0.1, -0.05) is 13.8 Å². The lowest BCUT2D eigenvalue weighted by Gasteiger charge is -2.10. The monoisotopic (exact) mass is 161 g/mol. The first kappa shape index (κ1) is 13.1. The van der Waals surface area contributed by atoms with Gasteiger partial charge in [-0.15, -0.1) is 0 Å². The lowest BCUT2D eigenvalue weighted by atomic mass is 10.4. The Balaban J connectivity index is 0. The Morgan fingerprint density at radius 2 is 1.55 bits per heavy atom. The van der Waals surface area contributed by atoms with Gasteiger partial charge in [-0.05, 0) is 12.8 Å². The Kier molecular flexibility index (Phi) is 8.94. The molecule has 0 aromatic carbocycles. The maximum absolute atomic E-state index is 10.6. The summed E-state index contributed by atoms with van der Waals surface area (Å²) in [6.45, 7) is 7.59. The summed E-state index contributed by atoms with van der Waals surface area (Å²) >= 11 is 0. The van der Waals surface area contributed by atoms with Crippen molar-refractivity contribution in [3.63, 3.8) is 0 Å². The lowest BCUT2D eigenvalue weighted by molar-refractivity contribution is -0.127. The van der Waals surface area contributed by atoms with E-state index in [1.54, 1.807) is 6.92 Å². The van der Waals surface area contributed by atoms with Crippen LogP contribution < -0.4 is 0 Å². The molecule has 1 amide bonds. The highest BCUT2D eigenvalue weighted by molar-refractivity contribution is 5.73. The van der Waals surface area contributed by atoms with E-state index < -0.39 is 0 Å². The molecule has 68 valence electrons. The van der Waals surface area contributed by atoms with Crippen LogP contribution in [0.1, 0.15) is 33.6 Å². The molecule has 0 aliphatic carbocycles. The summed E-state index contributed by atoms with van der Waals surface area (Å²) in [5.74, 6) is 0.225. The van der Waals surface area contributed by atoms with Crippen LogP contribution in [-0.2, 0) is 4.79 Å². The SMILES string of the molecule is CC.CC(=O)N1CCCC1.O. The summed E-state index contributed by atoms with van der Waals surface area (Å²) in [4.78, 5) is 12.5. The van der Waals surface area contributed by atoms with Crippen LogP contribution >= 0.6 is 0 Å². The van der Waals surface area contributed by atoms with Crippen LogP contribution in [-0.4, -0.2) is 29.4 Å². The summed E-state index contributed by atoms with van der Waals surface area (Å²) < 4.78 is 0.